The lowest BCUT2D eigenvalue weighted by Gasteiger charge is -2.12. The van der Waals surface area contributed by atoms with Crippen molar-refractivity contribution in [2.24, 2.45) is 5.92 Å². The van der Waals surface area contributed by atoms with Crippen molar-refractivity contribution in [3.63, 3.8) is 0 Å². The van der Waals surface area contributed by atoms with Gasteiger partial charge in [-0.3, -0.25) is 9.59 Å². The molecular weight excluding hydrogens is 335 g/mol. The summed E-state index contributed by atoms with van der Waals surface area (Å²) in [6.45, 7) is 0.856. The lowest BCUT2D eigenvalue weighted by atomic mass is 9.95. The predicted molar refractivity (Wildman–Crippen MR) is 95.5 cm³/mol. The molecule has 1 saturated heterocycles. The van der Waals surface area contributed by atoms with Crippen molar-refractivity contribution in [2.75, 3.05) is 13.7 Å². The molecule has 1 heterocycles. The van der Waals surface area contributed by atoms with Crippen molar-refractivity contribution in [3.05, 3.63) is 65.5 Å². The summed E-state index contributed by atoms with van der Waals surface area (Å²) >= 11 is 0. The highest BCUT2D eigenvalue weighted by Gasteiger charge is 2.33. The van der Waals surface area contributed by atoms with Crippen LogP contribution in [-0.4, -0.2) is 31.4 Å². The first-order valence-electron chi connectivity index (χ1n) is 8.50. The van der Waals surface area contributed by atoms with Crippen LogP contribution in [0.5, 0.6) is 5.75 Å². The van der Waals surface area contributed by atoms with E-state index in [0.717, 1.165) is 11.3 Å². The maximum atomic E-state index is 13.0. The summed E-state index contributed by atoms with van der Waals surface area (Å²) in [6.07, 6.45) is 0.435. The van der Waals surface area contributed by atoms with Crippen LogP contribution in [0.4, 0.5) is 4.39 Å². The Morgan fingerprint density at radius 3 is 2.50 bits per heavy atom. The van der Waals surface area contributed by atoms with E-state index in [9.17, 15) is 14.0 Å². The Balaban J connectivity index is 1.51. The molecule has 0 aliphatic carbocycles. The smallest absolute Gasteiger partial charge is 0.237 e. The quantitative estimate of drug-likeness (QED) is 0.780. The largest absolute Gasteiger partial charge is 0.497 e. The molecule has 2 atom stereocenters. The van der Waals surface area contributed by atoms with Crippen LogP contribution in [-0.2, 0) is 11.3 Å². The van der Waals surface area contributed by atoms with Gasteiger partial charge in [-0.1, -0.05) is 12.1 Å². The second kappa shape index (κ2) is 8.10. The molecule has 1 aliphatic heterocycles. The van der Waals surface area contributed by atoms with E-state index in [1.54, 1.807) is 7.11 Å². The summed E-state index contributed by atoms with van der Waals surface area (Å²) in [6, 6.07) is 12.6. The molecule has 26 heavy (non-hydrogen) atoms. The molecule has 1 amide bonds. The Morgan fingerprint density at radius 1 is 1.15 bits per heavy atom. The zero-order chi connectivity index (χ0) is 18.5. The third-order valence-electron chi connectivity index (χ3n) is 4.57. The number of ether oxygens (including phenoxy) is 1. The van der Waals surface area contributed by atoms with E-state index < -0.39 is 6.04 Å². The van der Waals surface area contributed by atoms with Crippen LogP contribution in [0.1, 0.15) is 22.3 Å². The topological polar surface area (TPSA) is 67.4 Å². The number of Topliss-reactive ketones (excluding diaryl/α,β-unsaturated/α-hetero) is 1. The Labute approximate surface area is 151 Å². The zero-order valence-electron chi connectivity index (χ0n) is 14.5. The fraction of sp³-hybridized carbons (Fsp3) is 0.300. The lowest BCUT2D eigenvalue weighted by Crippen LogP contribution is -2.39. The van der Waals surface area contributed by atoms with Crippen molar-refractivity contribution >= 4 is 11.7 Å². The molecule has 1 fully saturated rings. The molecule has 2 N–H and O–H groups in total. The molecule has 2 aromatic carbocycles. The maximum Gasteiger partial charge on any atom is 0.237 e. The number of ketones is 1. The van der Waals surface area contributed by atoms with E-state index in [0.29, 0.717) is 25.1 Å². The molecule has 0 radical (unpaired) electrons. The van der Waals surface area contributed by atoms with E-state index >= 15 is 0 Å². The molecule has 3 rings (SSSR count). The highest BCUT2D eigenvalue weighted by atomic mass is 19.1. The van der Waals surface area contributed by atoms with Crippen molar-refractivity contribution in [1.29, 1.82) is 0 Å². The second-order valence-corrected chi connectivity index (χ2v) is 6.33. The number of carbonyl (C=O) groups is 2. The number of carbonyl (C=O) groups excluding carboxylic acids is 2. The van der Waals surface area contributed by atoms with Crippen LogP contribution in [0.25, 0.3) is 0 Å². The number of methoxy groups -OCH3 is 1. The Morgan fingerprint density at radius 2 is 1.85 bits per heavy atom. The van der Waals surface area contributed by atoms with E-state index in [4.69, 9.17) is 4.74 Å². The van der Waals surface area contributed by atoms with Gasteiger partial charge < -0.3 is 15.4 Å². The van der Waals surface area contributed by atoms with Gasteiger partial charge >= 0.3 is 0 Å². The van der Waals surface area contributed by atoms with Crippen LogP contribution in [0, 0.1) is 11.7 Å². The SMILES string of the molecule is COc1ccc(CNC(=O)C2CC(C(=O)c3ccc(F)cc3)CN2)cc1. The summed E-state index contributed by atoms with van der Waals surface area (Å²) < 4.78 is 18.1. The van der Waals surface area contributed by atoms with Gasteiger partial charge in [0, 0.05) is 24.6 Å². The van der Waals surface area contributed by atoms with E-state index in [1.165, 1.54) is 24.3 Å². The summed E-state index contributed by atoms with van der Waals surface area (Å²) in [5.74, 6) is -0.0862. The number of amides is 1. The summed E-state index contributed by atoms with van der Waals surface area (Å²) in [4.78, 5) is 24.8. The molecule has 2 aromatic rings. The molecule has 136 valence electrons. The monoisotopic (exact) mass is 356 g/mol. The highest BCUT2D eigenvalue weighted by molar-refractivity contribution is 5.99. The van der Waals surface area contributed by atoms with Crippen molar-refractivity contribution in [3.8, 4) is 5.75 Å². The number of hydrogen-bond donors (Lipinski definition) is 2. The first kappa shape index (κ1) is 18.1. The highest BCUT2D eigenvalue weighted by Crippen LogP contribution is 2.20. The van der Waals surface area contributed by atoms with Gasteiger partial charge in [-0.2, -0.15) is 0 Å². The van der Waals surface area contributed by atoms with Gasteiger partial charge in [0.15, 0.2) is 5.78 Å². The molecule has 0 bridgehead atoms. The van der Waals surface area contributed by atoms with Gasteiger partial charge in [-0.05, 0) is 48.4 Å². The van der Waals surface area contributed by atoms with E-state index in [2.05, 4.69) is 10.6 Å². The van der Waals surface area contributed by atoms with Gasteiger partial charge in [-0.25, -0.2) is 4.39 Å². The molecule has 2 unspecified atom stereocenters. The number of halogens is 1. The van der Waals surface area contributed by atoms with Crippen LogP contribution in [0.3, 0.4) is 0 Å². The summed E-state index contributed by atoms with van der Waals surface area (Å²) in [5, 5.41) is 5.98. The second-order valence-electron chi connectivity index (χ2n) is 6.33. The summed E-state index contributed by atoms with van der Waals surface area (Å²) in [5.41, 5.74) is 1.44. The minimum Gasteiger partial charge on any atom is -0.497 e. The molecule has 6 heteroatoms. The molecule has 0 spiro atoms. The zero-order valence-corrected chi connectivity index (χ0v) is 14.5. The normalized spacial score (nSPS) is 19.2. The molecule has 5 nitrogen and oxygen atoms in total. The predicted octanol–water partition coefficient (Wildman–Crippen LogP) is 2.31. The molecule has 0 aromatic heterocycles. The van der Waals surface area contributed by atoms with Crippen LogP contribution in [0.2, 0.25) is 0 Å². The van der Waals surface area contributed by atoms with Crippen molar-refractivity contribution < 1.29 is 18.7 Å². The average Bonchev–Trinajstić information content (AvgIpc) is 3.17. The number of nitrogens with one attached hydrogen (secondary N) is 2. The maximum absolute atomic E-state index is 13.0. The molecular formula is C20H21FN2O3. The summed E-state index contributed by atoms with van der Waals surface area (Å²) in [7, 11) is 1.60. The third-order valence-corrected chi connectivity index (χ3v) is 4.57. The standard InChI is InChI=1S/C20H21FN2O3/c1-26-17-8-2-13(3-9-17)11-23-20(25)18-10-15(12-22-18)19(24)14-4-6-16(21)7-5-14/h2-9,15,18,22H,10-12H2,1H3,(H,23,25). The van der Waals surface area contributed by atoms with Crippen LogP contribution >= 0.6 is 0 Å². The van der Waals surface area contributed by atoms with E-state index in [-0.39, 0.29) is 23.4 Å². The van der Waals surface area contributed by atoms with Crippen molar-refractivity contribution in [2.45, 2.75) is 19.0 Å². The number of rotatable bonds is 6. The Bertz CT molecular complexity index is 775. The third kappa shape index (κ3) is 4.26. The number of benzene rings is 2. The van der Waals surface area contributed by atoms with Crippen LogP contribution in [0.15, 0.2) is 48.5 Å². The van der Waals surface area contributed by atoms with Gasteiger partial charge in [-0.15, -0.1) is 0 Å². The van der Waals surface area contributed by atoms with E-state index in [1.807, 2.05) is 24.3 Å². The molecule has 1 aliphatic rings. The Kier molecular flexibility index (Phi) is 5.63. The van der Waals surface area contributed by atoms with Crippen molar-refractivity contribution in [1.82, 2.24) is 10.6 Å². The van der Waals surface area contributed by atoms with Gasteiger partial charge in [0.1, 0.15) is 11.6 Å². The average molecular weight is 356 g/mol. The fourth-order valence-electron chi connectivity index (χ4n) is 3.04. The first-order valence-corrected chi connectivity index (χ1v) is 8.50. The minimum absolute atomic E-state index is 0.0667. The van der Waals surface area contributed by atoms with Gasteiger partial charge in [0.05, 0.1) is 13.2 Å². The van der Waals surface area contributed by atoms with Gasteiger partial charge in [0.2, 0.25) is 5.91 Å². The number of hydrogen-bond acceptors (Lipinski definition) is 4. The van der Waals surface area contributed by atoms with Gasteiger partial charge in [0.25, 0.3) is 0 Å². The van der Waals surface area contributed by atoms with Crippen LogP contribution < -0.4 is 15.4 Å². The molecule has 0 saturated carbocycles. The Hall–Kier alpha value is -2.73. The lowest BCUT2D eigenvalue weighted by molar-refractivity contribution is -0.122. The minimum atomic E-state index is -0.400. The first-order chi connectivity index (χ1) is 12.6. The fourth-order valence-corrected chi connectivity index (χ4v) is 3.04.